The van der Waals surface area contributed by atoms with Crippen molar-refractivity contribution in [2.45, 2.75) is 4.90 Å². The number of hydrogen-bond donors (Lipinski definition) is 2. The number of sulfonamides is 1. The predicted octanol–water partition coefficient (Wildman–Crippen LogP) is 1.82. The van der Waals surface area contributed by atoms with Gasteiger partial charge in [0.05, 0.1) is 3.79 Å². The van der Waals surface area contributed by atoms with E-state index in [1.54, 1.807) is 0 Å². The molecule has 1 heterocycles. The Morgan fingerprint density at radius 1 is 1.60 bits per heavy atom. The van der Waals surface area contributed by atoms with Crippen LogP contribution in [0.15, 0.2) is 14.7 Å². The number of thiophene rings is 1. The minimum Gasteiger partial charge on any atom is -0.329 e. The smallest absolute Gasteiger partial charge is 0.242 e. The fourth-order valence-electron chi connectivity index (χ4n) is 0.779. The largest absolute Gasteiger partial charge is 0.329 e. The summed E-state index contributed by atoms with van der Waals surface area (Å²) < 4.78 is 26.4. The van der Waals surface area contributed by atoms with E-state index < -0.39 is 10.0 Å². The third kappa shape index (κ3) is 4.18. The average Bonchev–Trinajstić information content (AvgIpc) is 2.42. The second kappa shape index (κ2) is 6.39. The molecule has 0 bridgehead atoms. The molecule has 88 valence electrons. The summed E-state index contributed by atoms with van der Waals surface area (Å²) in [5.74, 6) is 0. The Morgan fingerprint density at radius 3 is 2.60 bits per heavy atom. The summed E-state index contributed by atoms with van der Waals surface area (Å²) in [5.41, 5.74) is 5.19. The molecule has 0 spiro atoms. The number of halogens is 3. The fourth-order valence-corrected chi connectivity index (χ4v) is 4.60. The van der Waals surface area contributed by atoms with Crippen LogP contribution in [-0.4, -0.2) is 21.5 Å². The van der Waals surface area contributed by atoms with Crippen LogP contribution in [0.2, 0.25) is 4.34 Å². The van der Waals surface area contributed by atoms with Crippen LogP contribution < -0.4 is 10.5 Å². The lowest BCUT2D eigenvalue weighted by molar-refractivity contribution is 0.582. The van der Waals surface area contributed by atoms with Gasteiger partial charge in [0.1, 0.15) is 9.23 Å². The first kappa shape index (κ1) is 15.6. The van der Waals surface area contributed by atoms with Gasteiger partial charge in [-0.3, -0.25) is 0 Å². The molecule has 0 aliphatic rings. The molecule has 15 heavy (non-hydrogen) atoms. The molecule has 0 fully saturated rings. The Labute approximate surface area is 112 Å². The number of nitrogens with one attached hydrogen (secondary N) is 1. The minimum atomic E-state index is -3.51. The van der Waals surface area contributed by atoms with Crippen LogP contribution in [0.5, 0.6) is 0 Å². The van der Waals surface area contributed by atoms with Crippen molar-refractivity contribution in [1.29, 1.82) is 0 Å². The quantitative estimate of drug-likeness (QED) is 0.865. The van der Waals surface area contributed by atoms with Crippen LogP contribution in [0, 0.1) is 0 Å². The van der Waals surface area contributed by atoms with Crippen LogP contribution in [0.25, 0.3) is 0 Å². The summed E-state index contributed by atoms with van der Waals surface area (Å²) in [6.45, 7) is 0.453. The zero-order chi connectivity index (χ0) is 10.8. The molecular weight excluding hydrogens is 347 g/mol. The van der Waals surface area contributed by atoms with E-state index in [1.807, 2.05) is 0 Å². The van der Waals surface area contributed by atoms with Crippen LogP contribution in [0.3, 0.4) is 0 Å². The highest BCUT2D eigenvalue weighted by molar-refractivity contribution is 9.11. The van der Waals surface area contributed by atoms with E-state index in [0.717, 1.165) is 11.3 Å². The number of nitrogens with two attached hydrogens (primary N) is 1. The molecule has 9 heteroatoms. The second-order valence-electron chi connectivity index (χ2n) is 2.37. The molecule has 1 aromatic heterocycles. The van der Waals surface area contributed by atoms with Gasteiger partial charge in [0.2, 0.25) is 10.0 Å². The van der Waals surface area contributed by atoms with Crippen molar-refractivity contribution in [3.8, 4) is 0 Å². The van der Waals surface area contributed by atoms with E-state index in [0.29, 0.717) is 3.79 Å². The second-order valence-corrected chi connectivity index (χ2v) is 7.14. The molecule has 1 aromatic rings. The van der Waals surface area contributed by atoms with Crippen LogP contribution >= 0.6 is 51.3 Å². The summed E-state index contributed by atoms with van der Waals surface area (Å²) in [6.07, 6.45) is 0. The van der Waals surface area contributed by atoms with E-state index in [9.17, 15) is 8.42 Å². The van der Waals surface area contributed by atoms with E-state index in [4.69, 9.17) is 17.3 Å². The molecule has 0 unspecified atom stereocenters. The molecule has 0 aliphatic heterocycles. The zero-order valence-corrected chi connectivity index (χ0v) is 12.2. The van der Waals surface area contributed by atoms with Gasteiger partial charge in [-0.2, -0.15) is 0 Å². The monoisotopic (exact) mass is 354 g/mol. The van der Waals surface area contributed by atoms with Crippen molar-refractivity contribution in [3.63, 3.8) is 0 Å². The van der Waals surface area contributed by atoms with E-state index in [-0.39, 0.29) is 34.7 Å². The van der Waals surface area contributed by atoms with Gasteiger partial charge in [-0.05, 0) is 22.0 Å². The summed E-state index contributed by atoms with van der Waals surface area (Å²) in [4.78, 5) is 0.0875. The maximum absolute atomic E-state index is 11.6. The molecule has 0 saturated heterocycles. The van der Waals surface area contributed by atoms with Crippen molar-refractivity contribution < 1.29 is 8.42 Å². The molecule has 0 atom stereocenters. The van der Waals surface area contributed by atoms with Crippen molar-refractivity contribution in [2.24, 2.45) is 5.73 Å². The van der Waals surface area contributed by atoms with Crippen LogP contribution in [0.1, 0.15) is 0 Å². The molecule has 0 aliphatic carbocycles. The average molecular weight is 356 g/mol. The predicted molar refractivity (Wildman–Crippen MR) is 68.5 cm³/mol. The minimum absolute atomic E-state index is 0. The fraction of sp³-hybridized carbons (Fsp3) is 0.333. The highest BCUT2D eigenvalue weighted by Crippen LogP contribution is 2.34. The Bertz CT molecular complexity index is 421. The summed E-state index contributed by atoms with van der Waals surface area (Å²) >= 11 is 10.1. The number of hydrogen-bond acceptors (Lipinski definition) is 4. The lowest BCUT2D eigenvalue weighted by Crippen LogP contribution is -2.29. The molecule has 3 N–H and O–H groups in total. The highest BCUT2D eigenvalue weighted by atomic mass is 79.9. The zero-order valence-electron chi connectivity index (χ0n) is 7.37. The third-order valence-electron chi connectivity index (χ3n) is 1.35. The van der Waals surface area contributed by atoms with E-state index >= 15 is 0 Å². The Hall–Kier alpha value is 0.630. The van der Waals surface area contributed by atoms with Crippen LogP contribution in [-0.2, 0) is 10.0 Å². The first-order chi connectivity index (χ1) is 6.47. The standard InChI is InChI=1S/C6H8BrClN2O2S2.ClH/c7-5-3-4(6(8)13-5)14(11,12)10-2-1-9;/h3,10H,1-2,9H2;1H. The van der Waals surface area contributed by atoms with Gasteiger partial charge in [0.15, 0.2) is 0 Å². The molecule has 1 rings (SSSR count). The lowest BCUT2D eigenvalue weighted by atomic mass is 10.7. The molecule has 0 aromatic carbocycles. The van der Waals surface area contributed by atoms with Gasteiger partial charge in [0.25, 0.3) is 0 Å². The van der Waals surface area contributed by atoms with E-state index in [2.05, 4.69) is 20.7 Å². The van der Waals surface area contributed by atoms with Gasteiger partial charge >= 0.3 is 0 Å². The topological polar surface area (TPSA) is 72.2 Å². The molecule has 0 radical (unpaired) electrons. The molecule has 0 amide bonds. The first-order valence-corrected chi connectivity index (χ1v) is 7.09. The Morgan fingerprint density at radius 2 is 2.20 bits per heavy atom. The first-order valence-electron chi connectivity index (χ1n) is 3.62. The van der Waals surface area contributed by atoms with Crippen molar-refractivity contribution in [1.82, 2.24) is 4.72 Å². The van der Waals surface area contributed by atoms with Gasteiger partial charge < -0.3 is 5.73 Å². The highest BCUT2D eigenvalue weighted by Gasteiger charge is 2.19. The summed E-state index contributed by atoms with van der Waals surface area (Å²) in [5, 5.41) is 0. The Kier molecular flexibility index (Phi) is 6.65. The van der Waals surface area contributed by atoms with E-state index in [1.165, 1.54) is 6.07 Å². The van der Waals surface area contributed by atoms with Gasteiger partial charge in [-0.25, -0.2) is 13.1 Å². The lowest BCUT2D eigenvalue weighted by Gasteiger charge is -2.02. The molecule has 0 saturated carbocycles. The third-order valence-corrected chi connectivity index (χ3v) is 4.94. The summed E-state index contributed by atoms with van der Waals surface area (Å²) in [6, 6.07) is 1.46. The van der Waals surface area contributed by atoms with Crippen molar-refractivity contribution in [2.75, 3.05) is 13.1 Å². The van der Waals surface area contributed by atoms with Crippen molar-refractivity contribution >= 4 is 61.3 Å². The Balaban J connectivity index is 0.00000196. The molecule has 4 nitrogen and oxygen atoms in total. The van der Waals surface area contributed by atoms with Crippen molar-refractivity contribution in [3.05, 3.63) is 14.2 Å². The van der Waals surface area contributed by atoms with Gasteiger partial charge in [-0.15, -0.1) is 23.7 Å². The molecular formula is C6H9BrCl2N2O2S2. The van der Waals surface area contributed by atoms with Gasteiger partial charge in [-0.1, -0.05) is 11.6 Å². The SMILES string of the molecule is Cl.NCCNS(=O)(=O)c1cc(Br)sc1Cl. The normalized spacial score (nSPS) is 11.1. The van der Waals surface area contributed by atoms with Crippen LogP contribution in [0.4, 0.5) is 0 Å². The maximum Gasteiger partial charge on any atom is 0.242 e. The number of rotatable bonds is 4. The maximum atomic E-state index is 11.6. The summed E-state index contributed by atoms with van der Waals surface area (Å²) in [7, 11) is -3.51. The van der Waals surface area contributed by atoms with Gasteiger partial charge in [0, 0.05) is 13.1 Å².